The molecule has 1 atom stereocenters. The number of benzene rings is 2. The lowest BCUT2D eigenvalue weighted by molar-refractivity contribution is 0.180. The molecule has 0 fully saturated rings. The van der Waals surface area contributed by atoms with E-state index in [1.54, 1.807) is 0 Å². The summed E-state index contributed by atoms with van der Waals surface area (Å²) in [5.41, 5.74) is 6.19. The summed E-state index contributed by atoms with van der Waals surface area (Å²) < 4.78 is 4.19. The molecule has 2 amide bonds. The van der Waals surface area contributed by atoms with Crippen LogP contribution in [0.15, 0.2) is 72.9 Å². The number of amides is 2. The zero-order chi connectivity index (χ0) is 24.5. The van der Waals surface area contributed by atoms with Gasteiger partial charge in [-0.3, -0.25) is 0 Å². The highest BCUT2D eigenvalue weighted by atomic mass is 16.2. The number of fused-ring (bicyclic) bond motifs is 3. The van der Waals surface area contributed by atoms with E-state index in [1.807, 2.05) is 54.9 Å². The van der Waals surface area contributed by atoms with E-state index in [0.29, 0.717) is 13.1 Å². The maximum Gasteiger partial charge on any atom is 0.318 e. The van der Waals surface area contributed by atoms with E-state index < -0.39 is 0 Å². The van der Waals surface area contributed by atoms with Crippen molar-refractivity contribution in [3.05, 3.63) is 95.4 Å². The average molecular weight is 469 g/mol. The molecule has 35 heavy (non-hydrogen) atoms. The number of para-hydroxylation sites is 1. The number of aryl methyl sites for hydroxylation is 1. The Morgan fingerprint density at radius 2 is 1.80 bits per heavy atom. The molecule has 2 aromatic carbocycles. The van der Waals surface area contributed by atoms with Crippen molar-refractivity contribution < 1.29 is 4.79 Å². The highest BCUT2D eigenvalue weighted by molar-refractivity contribution is 5.76. The Labute approximate surface area is 206 Å². The molecule has 7 heteroatoms. The summed E-state index contributed by atoms with van der Waals surface area (Å²) in [7, 11) is 4.07. The Bertz CT molecular complexity index is 1320. The van der Waals surface area contributed by atoms with Crippen LogP contribution < -0.4 is 10.2 Å². The van der Waals surface area contributed by atoms with Crippen molar-refractivity contribution in [1.82, 2.24) is 24.6 Å². The molecule has 7 nitrogen and oxygen atoms in total. The van der Waals surface area contributed by atoms with Crippen LogP contribution in [0.1, 0.15) is 41.9 Å². The molecule has 3 heterocycles. The second-order valence-corrected chi connectivity index (χ2v) is 9.19. The fraction of sp³-hybridized carbons (Fsp3) is 0.286. The number of rotatable bonds is 5. The monoisotopic (exact) mass is 468 g/mol. The van der Waals surface area contributed by atoms with Crippen molar-refractivity contribution in [2.24, 2.45) is 0 Å². The molecular weight excluding hydrogens is 436 g/mol. The third kappa shape index (κ3) is 4.07. The van der Waals surface area contributed by atoms with E-state index in [-0.39, 0.29) is 12.1 Å². The number of nitrogens with one attached hydrogen (secondary N) is 1. The largest absolute Gasteiger partial charge is 0.378 e. The molecule has 1 aliphatic rings. The third-order valence-electron chi connectivity index (χ3n) is 6.60. The smallest absolute Gasteiger partial charge is 0.318 e. The van der Waals surface area contributed by atoms with Gasteiger partial charge in [-0.05, 0) is 55.3 Å². The number of hydrogen-bond acceptors (Lipinski definition) is 3. The molecule has 0 aliphatic carbocycles. The van der Waals surface area contributed by atoms with Gasteiger partial charge >= 0.3 is 6.03 Å². The number of carbonyl (C=O) groups is 1. The number of urea groups is 1. The molecule has 0 radical (unpaired) electrons. The maximum absolute atomic E-state index is 13.6. The van der Waals surface area contributed by atoms with Crippen LogP contribution in [0.4, 0.5) is 10.5 Å². The average Bonchev–Trinajstić information content (AvgIpc) is 3.43. The van der Waals surface area contributed by atoms with E-state index in [1.165, 1.54) is 0 Å². The summed E-state index contributed by atoms with van der Waals surface area (Å²) in [5.74, 6) is 0.981. The summed E-state index contributed by atoms with van der Waals surface area (Å²) in [6, 6.07) is 22.5. The van der Waals surface area contributed by atoms with Crippen molar-refractivity contribution >= 4 is 11.7 Å². The minimum Gasteiger partial charge on any atom is -0.378 e. The summed E-state index contributed by atoms with van der Waals surface area (Å²) in [6.07, 6.45) is 2.96. The molecule has 1 aliphatic heterocycles. The van der Waals surface area contributed by atoms with E-state index in [2.05, 4.69) is 70.4 Å². The molecule has 5 rings (SSSR count). The highest BCUT2D eigenvalue weighted by Gasteiger charge is 2.35. The summed E-state index contributed by atoms with van der Waals surface area (Å²) >= 11 is 0. The van der Waals surface area contributed by atoms with Crippen LogP contribution in [0.3, 0.4) is 0 Å². The molecule has 0 bridgehead atoms. The second-order valence-electron chi connectivity index (χ2n) is 9.19. The van der Waals surface area contributed by atoms with Gasteiger partial charge in [0.05, 0.1) is 29.7 Å². The number of anilines is 1. The molecule has 4 aromatic rings. The van der Waals surface area contributed by atoms with Crippen LogP contribution >= 0.6 is 0 Å². The van der Waals surface area contributed by atoms with Crippen molar-refractivity contribution in [3.8, 4) is 11.5 Å². The summed E-state index contributed by atoms with van der Waals surface area (Å²) in [4.78, 5) is 17.6. The van der Waals surface area contributed by atoms with Gasteiger partial charge in [-0.15, -0.1) is 0 Å². The minimum atomic E-state index is -0.242. The van der Waals surface area contributed by atoms with Gasteiger partial charge in [-0.2, -0.15) is 5.10 Å². The van der Waals surface area contributed by atoms with Gasteiger partial charge in [0.2, 0.25) is 0 Å². The molecule has 1 N–H and O–H groups in total. The topological polar surface area (TPSA) is 58.3 Å². The first-order valence-corrected chi connectivity index (χ1v) is 12.1. The van der Waals surface area contributed by atoms with Crippen LogP contribution in [0.25, 0.3) is 11.5 Å². The first kappa shape index (κ1) is 22.8. The Hall–Kier alpha value is -4.00. The van der Waals surface area contributed by atoms with E-state index in [0.717, 1.165) is 46.1 Å². The van der Waals surface area contributed by atoms with Crippen LogP contribution in [-0.4, -0.2) is 45.9 Å². The van der Waals surface area contributed by atoms with Crippen molar-refractivity contribution in [1.29, 1.82) is 0 Å². The molecule has 2 aromatic heterocycles. The first-order valence-electron chi connectivity index (χ1n) is 12.1. The molecule has 0 spiro atoms. The third-order valence-corrected chi connectivity index (χ3v) is 6.60. The van der Waals surface area contributed by atoms with Crippen molar-refractivity contribution in [2.45, 2.75) is 32.9 Å². The molecule has 0 saturated carbocycles. The molecule has 0 unspecified atom stereocenters. The van der Waals surface area contributed by atoms with E-state index >= 15 is 0 Å². The number of hydrogen-bond donors (Lipinski definition) is 1. The van der Waals surface area contributed by atoms with E-state index in [9.17, 15) is 4.79 Å². The molecular formula is C28H32N6O. The second kappa shape index (κ2) is 9.33. The van der Waals surface area contributed by atoms with E-state index in [4.69, 9.17) is 5.10 Å². The minimum absolute atomic E-state index is 0.0685. The Kier molecular flexibility index (Phi) is 6.07. The summed E-state index contributed by atoms with van der Waals surface area (Å²) in [6.45, 7) is 5.19. The molecule has 0 saturated heterocycles. The SMILES string of the molecule is CCCNC(=O)N1Cc2c(C)nn(-c3ccccc3)c2-n2cccc2[C@@H]1c1ccc(N(C)C)cc1. The standard InChI is InChI=1S/C28H32N6O/c1-5-17-29-28(35)33-19-24-20(2)30-34(23-10-7-6-8-11-23)27(24)32-18-9-12-25(32)26(33)21-13-15-22(16-14-21)31(3)4/h6-16,18,26H,5,17,19H2,1-4H3,(H,29,35)/t26-/m0/s1. The predicted octanol–water partition coefficient (Wildman–Crippen LogP) is 5.06. The van der Waals surface area contributed by atoms with Crippen LogP contribution in [-0.2, 0) is 6.54 Å². The van der Waals surface area contributed by atoms with Gasteiger partial charge in [0.25, 0.3) is 0 Å². The highest BCUT2D eigenvalue weighted by Crippen LogP contribution is 2.38. The predicted molar refractivity (Wildman–Crippen MR) is 139 cm³/mol. The van der Waals surface area contributed by atoms with Crippen molar-refractivity contribution in [3.63, 3.8) is 0 Å². The normalized spacial score (nSPS) is 14.7. The van der Waals surface area contributed by atoms with Crippen LogP contribution in [0.5, 0.6) is 0 Å². The maximum atomic E-state index is 13.6. The van der Waals surface area contributed by atoms with Crippen LogP contribution in [0, 0.1) is 6.92 Å². The summed E-state index contributed by atoms with van der Waals surface area (Å²) in [5, 5.41) is 8.01. The van der Waals surface area contributed by atoms with Gasteiger partial charge in [0.15, 0.2) is 0 Å². The van der Waals surface area contributed by atoms with Crippen molar-refractivity contribution in [2.75, 3.05) is 25.5 Å². The number of nitrogens with zero attached hydrogens (tertiary/aromatic N) is 5. The zero-order valence-corrected chi connectivity index (χ0v) is 20.8. The number of aromatic nitrogens is 3. The van der Waals surface area contributed by atoms with Gasteiger partial charge in [0.1, 0.15) is 5.82 Å². The lowest BCUT2D eigenvalue weighted by Gasteiger charge is -2.31. The molecule has 180 valence electrons. The van der Waals surface area contributed by atoms with Gasteiger partial charge in [-0.25, -0.2) is 9.48 Å². The Morgan fingerprint density at radius 1 is 1.06 bits per heavy atom. The Morgan fingerprint density at radius 3 is 2.49 bits per heavy atom. The quantitative estimate of drug-likeness (QED) is 0.445. The number of carbonyl (C=O) groups excluding carboxylic acids is 1. The zero-order valence-electron chi connectivity index (χ0n) is 20.8. The lowest BCUT2D eigenvalue weighted by Crippen LogP contribution is -2.42. The van der Waals surface area contributed by atoms with Gasteiger partial charge < -0.3 is 19.7 Å². The van der Waals surface area contributed by atoms with Gasteiger partial charge in [-0.1, -0.05) is 37.3 Å². The fourth-order valence-corrected chi connectivity index (χ4v) is 4.79. The first-order chi connectivity index (χ1) is 17.0. The van der Waals surface area contributed by atoms with Crippen LogP contribution in [0.2, 0.25) is 0 Å². The fourth-order valence-electron chi connectivity index (χ4n) is 4.79. The lowest BCUT2D eigenvalue weighted by atomic mass is 10.0. The Balaban J connectivity index is 1.70. The van der Waals surface area contributed by atoms with Gasteiger partial charge in [0, 0.05) is 38.1 Å².